The van der Waals surface area contributed by atoms with E-state index < -0.39 is 5.91 Å². The number of nitrogens with one attached hydrogen (secondary N) is 1. The number of hydrogen-bond donors (Lipinski definition) is 1. The lowest BCUT2D eigenvalue weighted by molar-refractivity contribution is 0.101. The summed E-state index contributed by atoms with van der Waals surface area (Å²) in [6.45, 7) is 3.94. The first kappa shape index (κ1) is 20.3. The predicted octanol–water partition coefficient (Wildman–Crippen LogP) is 4.95. The fourth-order valence-electron chi connectivity index (χ4n) is 3.17. The highest BCUT2D eigenvalue weighted by Gasteiger charge is 2.20. The molecule has 0 radical (unpaired) electrons. The molecule has 0 unspecified atom stereocenters. The van der Waals surface area contributed by atoms with Crippen LogP contribution in [0.2, 0.25) is 0 Å². The van der Waals surface area contributed by atoms with Crippen LogP contribution in [0.15, 0.2) is 66.7 Å². The average Bonchev–Trinajstić information content (AvgIpc) is 3.22. The number of carbonyl (C=O) groups excluding carboxylic acids is 1. The minimum absolute atomic E-state index is 0.0102. The summed E-state index contributed by atoms with van der Waals surface area (Å²) in [4.78, 5) is 17.3. The van der Waals surface area contributed by atoms with Gasteiger partial charge >= 0.3 is 0 Å². The van der Waals surface area contributed by atoms with Crippen molar-refractivity contribution in [1.82, 2.24) is 14.8 Å². The van der Waals surface area contributed by atoms with Crippen molar-refractivity contribution in [3.8, 4) is 22.8 Å². The van der Waals surface area contributed by atoms with Crippen molar-refractivity contribution >= 4 is 11.6 Å². The Morgan fingerprint density at radius 1 is 1.00 bits per heavy atom. The quantitative estimate of drug-likeness (QED) is 0.500. The van der Waals surface area contributed by atoms with Crippen LogP contribution < -0.4 is 10.1 Å². The first-order valence-corrected chi connectivity index (χ1v) is 9.70. The maximum Gasteiger partial charge on any atom is 0.295 e. The summed E-state index contributed by atoms with van der Waals surface area (Å²) in [5.41, 5.74) is 4.07. The molecule has 1 N–H and O–H groups in total. The molecule has 0 aliphatic heterocycles. The normalized spacial score (nSPS) is 10.7. The van der Waals surface area contributed by atoms with Gasteiger partial charge in [0.15, 0.2) is 5.82 Å². The lowest BCUT2D eigenvalue weighted by Gasteiger charge is -2.10. The number of nitrogens with zero attached hydrogens (tertiary/aromatic N) is 3. The summed E-state index contributed by atoms with van der Waals surface area (Å²) in [5.74, 6) is 0.357. The number of methoxy groups -OCH3 is 1. The van der Waals surface area contributed by atoms with Gasteiger partial charge in [0.2, 0.25) is 5.82 Å². The van der Waals surface area contributed by atoms with Crippen LogP contribution in [0.5, 0.6) is 5.75 Å². The highest BCUT2D eigenvalue weighted by Crippen LogP contribution is 2.25. The Labute approximate surface area is 179 Å². The maximum atomic E-state index is 13.5. The van der Waals surface area contributed by atoms with Crippen molar-refractivity contribution in [3.63, 3.8) is 0 Å². The molecule has 31 heavy (non-hydrogen) atoms. The molecule has 7 heteroatoms. The number of halogens is 1. The zero-order valence-electron chi connectivity index (χ0n) is 17.4. The molecule has 0 atom stereocenters. The number of ether oxygens (including phenoxy) is 1. The fourth-order valence-corrected chi connectivity index (χ4v) is 3.17. The molecule has 0 saturated carbocycles. The Hall–Kier alpha value is -4.00. The van der Waals surface area contributed by atoms with Crippen molar-refractivity contribution in [2.24, 2.45) is 0 Å². The highest BCUT2D eigenvalue weighted by molar-refractivity contribution is 6.01. The van der Waals surface area contributed by atoms with Gasteiger partial charge < -0.3 is 10.1 Å². The van der Waals surface area contributed by atoms with E-state index in [1.165, 1.54) is 12.1 Å². The number of benzene rings is 3. The number of aromatic nitrogens is 3. The monoisotopic (exact) mass is 416 g/mol. The summed E-state index contributed by atoms with van der Waals surface area (Å²) < 4.78 is 20.2. The van der Waals surface area contributed by atoms with Gasteiger partial charge in [-0.3, -0.25) is 4.79 Å². The first-order valence-electron chi connectivity index (χ1n) is 9.70. The largest absolute Gasteiger partial charge is 0.497 e. The summed E-state index contributed by atoms with van der Waals surface area (Å²) in [6.07, 6.45) is 0. The summed E-state index contributed by atoms with van der Waals surface area (Å²) >= 11 is 0. The number of amides is 1. The van der Waals surface area contributed by atoms with Crippen molar-refractivity contribution < 1.29 is 13.9 Å². The van der Waals surface area contributed by atoms with E-state index in [1.807, 2.05) is 32.0 Å². The summed E-state index contributed by atoms with van der Waals surface area (Å²) in [7, 11) is 1.58. The molecule has 0 spiro atoms. The van der Waals surface area contributed by atoms with Crippen LogP contribution in [-0.2, 0) is 0 Å². The topological polar surface area (TPSA) is 69.0 Å². The lowest BCUT2D eigenvalue weighted by atomic mass is 10.1. The molecular weight excluding hydrogens is 395 g/mol. The van der Waals surface area contributed by atoms with Crippen LogP contribution in [0.1, 0.15) is 21.7 Å². The van der Waals surface area contributed by atoms with Crippen LogP contribution in [0.4, 0.5) is 10.1 Å². The maximum absolute atomic E-state index is 13.5. The second-order valence-electron chi connectivity index (χ2n) is 7.15. The Morgan fingerprint density at radius 3 is 2.39 bits per heavy atom. The number of anilines is 1. The van der Waals surface area contributed by atoms with E-state index >= 15 is 0 Å². The third-order valence-corrected chi connectivity index (χ3v) is 4.85. The Kier molecular flexibility index (Phi) is 5.49. The van der Waals surface area contributed by atoms with Gasteiger partial charge in [0, 0.05) is 11.3 Å². The Balaban J connectivity index is 1.76. The zero-order chi connectivity index (χ0) is 22.0. The average molecular weight is 416 g/mol. The molecule has 0 saturated heterocycles. The van der Waals surface area contributed by atoms with Crippen molar-refractivity contribution in [2.75, 3.05) is 12.4 Å². The van der Waals surface area contributed by atoms with Crippen LogP contribution in [0, 0.1) is 19.7 Å². The smallest absolute Gasteiger partial charge is 0.295 e. The van der Waals surface area contributed by atoms with Gasteiger partial charge in [-0.1, -0.05) is 12.1 Å². The summed E-state index contributed by atoms with van der Waals surface area (Å²) in [6, 6.07) is 18.9. The number of hydrogen-bond acceptors (Lipinski definition) is 4. The zero-order valence-corrected chi connectivity index (χ0v) is 17.4. The number of carbonyl (C=O) groups is 1. The van der Waals surface area contributed by atoms with Crippen LogP contribution in [0.3, 0.4) is 0 Å². The van der Waals surface area contributed by atoms with Crippen LogP contribution >= 0.6 is 0 Å². The van der Waals surface area contributed by atoms with Crippen molar-refractivity contribution in [3.05, 3.63) is 89.5 Å². The Bertz CT molecular complexity index is 1230. The Morgan fingerprint density at radius 2 is 1.71 bits per heavy atom. The molecule has 0 bridgehead atoms. The van der Waals surface area contributed by atoms with E-state index in [0.717, 1.165) is 16.8 Å². The van der Waals surface area contributed by atoms with E-state index in [4.69, 9.17) is 4.74 Å². The highest BCUT2D eigenvalue weighted by atomic mass is 19.1. The van der Waals surface area contributed by atoms with E-state index in [1.54, 1.807) is 48.2 Å². The van der Waals surface area contributed by atoms with Crippen molar-refractivity contribution in [1.29, 1.82) is 0 Å². The van der Waals surface area contributed by atoms with Gasteiger partial charge in [-0.2, -0.15) is 0 Å². The molecule has 0 fully saturated rings. The van der Waals surface area contributed by atoms with E-state index in [-0.39, 0.29) is 11.6 Å². The first-order chi connectivity index (χ1) is 14.9. The van der Waals surface area contributed by atoms with Crippen LogP contribution in [0.25, 0.3) is 17.1 Å². The van der Waals surface area contributed by atoms with E-state index in [2.05, 4.69) is 15.4 Å². The third-order valence-electron chi connectivity index (χ3n) is 4.85. The molecule has 4 aromatic rings. The second-order valence-corrected chi connectivity index (χ2v) is 7.15. The molecule has 4 rings (SSSR count). The van der Waals surface area contributed by atoms with Gasteiger partial charge in [0.05, 0.1) is 12.8 Å². The standard InChI is InChI=1S/C24H21FN4O2/c1-15-4-5-16(2)21(14-15)29-23(17-6-8-18(25)9-7-17)27-22(28-29)24(30)26-19-10-12-20(31-3)13-11-19/h4-14H,1-3H3,(H,26,30). The summed E-state index contributed by atoms with van der Waals surface area (Å²) in [5, 5.41) is 7.28. The molecule has 1 aromatic heterocycles. The molecule has 0 aliphatic carbocycles. The van der Waals surface area contributed by atoms with Gasteiger partial charge in [0.1, 0.15) is 11.6 Å². The fraction of sp³-hybridized carbons (Fsp3) is 0.125. The molecular formula is C24H21FN4O2. The number of rotatable bonds is 5. The molecule has 1 heterocycles. The van der Waals surface area contributed by atoms with Gasteiger partial charge in [0.25, 0.3) is 5.91 Å². The van der Waals surface area contributed by atoms with E-state index in [0.29, 0.717) is 22.8 Å². The number of aryl methyl sites for hydroxylation is 2. The SMILES string of the molecule is COc1ccc(NC(=O)c2nc(-c3ccc(F)cc3)n(-c3cc(C)ccc3C)n2)cc1. The van der Waals surface area contributed by atoms with Crippen molar-refractivity contribution in [2.45, 2.75) is 13.8 Å². The van der Waals surface area contributed by atoms with Gasteiger partial charge in [-0.05, 0) is 79.6 Å². The predicted molar refractivity (Wildman–Crippen MR) is 117 cm³/mol. The minimum atomic E-state index is -0.447. The van der Waals surface area contributed by atoms with Crippen LogP contribution in [-0.4, -0.2) is 27.8 Å². The second kappa shape index (κ2) is 8.39. The molecule has 6 nitrogen and oxygen atoms in total. The molecule has 0 aliphatic rings. The van der Waals surface area contributed by atoms with E-state index in [9.17, 15) is 9.18 Å². The third kappa shape index (κ3) is 4.30. The molecule has 1 amide bonds. The lowest BCUT2D eigenvalue weighted by Crippen LogP contribution is -2.14. The van der Waals surface area contributed by atoms with Gasteiger partial charge in [-0.15, -0.1) is 5.10 Å². The molecule has 156 valence electrons. The molecule has 3 aromatic carbocycles. The van der Waals surface area contributed by atoms with Gasteiger partial charge in [-0.25, -0.2) is 14.1 Å². The minimum Gasteiger partial charge on any atom is -0.497 e.